The smallest absolute Gasteiger partial charge is 0.340 e. The summed E-state index contributed by atoms with van der Waals surface area (Å²) in [7, 11) is -3.71. The Morgan fingerprint density at radius 2 is 1.63 bits per heavy atom. The number of ether oxygens (including phenoxy) is 1. The number of hydrogen-bond acceptors (Lipinski definition) is 5. The number of esters is 1. The van der Waals surface area contributed by atoms with Crippen molar-refractivity contribution < 1.29 is 22.7 Å². The standard InChI is InChI=1S/C22H28N2O5S/c1-6-29-21(26)18-9-7-8-10-19(18)23-20(25)15-24(30(5,27)28)17-13-11-16(12-14-17)22(2,3)4/h7-14H,6,15H2,1-5H3,(H,23,25). The van der Waals surface area contributed by atoms with Crippen LogP contribution in [-0.4, -0.2) is 39.7 Å². The first-order chi connectivity index (χ1) is 13.9. The van der Waals surface area contributed by atoms with Crippen LogP contribution in [0.15, 0.2) is 48.5 Å². The molecule has 1 amide bonds. The van der Waals surface area contributed by atoms with Gasteiger partial charge in [-0.2, -0.15) is 0 Å². The van der Waals surface area contributed by atoms with Crippen LogP contribution in [0.25, 0.3) is 0 Å². The Kier molecular flexibility index (Phi) is 7.25. The zero-order valence-electron chi connectivity index (χ0n) is 17.9. The van der Waals surface area contributed by atoms with E-state index in [1.165, 1.54) is 6.07 Å². The van der Waals surface area contributed by atoms with Crippen molar-refractivity contribution in [1.82, 2.24) is 0 Å². The second-order valence-corrected chi connectivity index (χ2v) is 9.79. The fourth-order valence-corrected chi connectivity index (χ4v) is 3.68. The quantitative estimate of drug-likeness (QED) is 0.675. The van der Waals surface area contributed by atoms with Crippen LogP contribution < -0.4 is 9.62 Å². The van der Waals surface area contributed by atoms with Crippen molar-refractivity contribution in [2.75, 3.05) is 29.0 Å². The molecule has 2 rings (SSSR count). The van der Waals surface area contributed by atoms with Crippen molar-refractivity contribution in [2.45, 2.75) is 33.1 Å². The van der Waals surface area contributed by atoms with E-state index in [4.69, 9.17) is 4.74 Å². The number of amides is 1. The molecule has 8 heteroatoms. The van der Waals surface area contributed by atoms with Crippen molar-refractivity contribution in [2.24, 2.45) is 0 Å². The van der Waals surface area contributed by atoms with Crippen LogP contribution in [0.2, 0.25) is 0 Å². The number of carbonyl (C=O) groups is 2. The predicted octanol–water partition coefficient (Wildman–Crippen LogP) is 3.57. The zero-order chi connectivity index (χ0) is 22.5. The van der Waals surface area contributed by atoms with Crippen molar-refractivity contribution >= 4 is 33.3 Å². The predicted molar refractivity (Wildman–Crippen MR) is 118 cm³/mol. The van der Waals surface area contributed by atoms with E-state index in [9.17, 15) is 18.0 Å². The molecule has 0 heterocycles. The van der Waals surface area contributed by atoms with Gasteiger partial charge in [-0.15, -0.1) is 0 Å². The molecule has 0 bridgehead atoms. The number of hydrogen-bond donors (Lipinski definition) is 1. The second-order valence-electron chi connectivity index (χ2n) is 7.88. The lowest BCUT2D eigenvalue weighted by Gasteiger charge is -2.24. The summed E-state index contributed by atoms with van der Waals surface area (Å²) in [4.78, 5) is 24.7. The molecule has 1 N–H and O–H groups in total. The van der Waals surface area contributed by atoms with E-state index in [0.29, 0.717) is 5.69 Å². The molecule has 0 aliphatic rings. The van der Waals surface area contributed by atoms with E-state index < -0.39 is 28.4 Å². The number of nitrogens with zero attached hydrogens (tertiary/aromatic N) is 1. The minimum atomic E-state index is -3.71. The molecule has 0 aliphatic heterocycles. The maximum Gasteiger partial charge on any atom is 0.340 e. The number of carbonyl (C=O) groups excluding carboxylic acids is 2. The molecule has 0 aromatic heterocycles. The van der Waals surface area contributed by atoms with Crippen molar-refractivity contribution in [1.29, 1.82) is 0 Å². The molecule has 0 aliphatic carbocycles. The largest absolute Gasteiger partial charge is 0.462 e. The monoisotopic (exact) mass is 432 g/mol. The minimum Gasteiger partial charge on any atom is -0.462 e. The summed E-state index contributed by atoms with van der Waals surface area (Å²) in [6.45, 7) is 7.65. The Labute approximate surface area is 178 Å². The van der Waals surface area contributed by atoms with Gasteiger partial charge in [0.1, 0.15) is 6.54 Å². The van der Waals surface area contributed by atoms with Crippen LogP contribution in [0.5, 0.6) is 0 Å². The van der Waals surface area contributed by atoms with Crippen LogP contribution in [0.4, 0.5) is 11.4 Å². The summed E-state index contributed by atoms with van der Waals surface area (Å²) in [6.07, 6.45) is 1.05. The molecule has 0 saturated heterocycles. The lowest BCUT2D eigenvalue weighted by Crippen LogP contribution is -2.37. The van der Waals surface area contributed by atoms with E-state index in [1.807, 2.05) is 12.1 Å². The van der Waals surface area contributed by atoms with E-state index in [0.717, 1.165) is 16.1 Å². The summed E-state index contributed by atoms with van der Waals surface area (Å²) >= 11 is 0. The summed E-state index contributed by atoms with van der Waals surface area (Å²) < 4.78 is 30.7. The van der Waals surface area contributed by atoms with Gasteiger partial charge < -0.3 is 10.1 Å². The fourth-order valence-electron chi connectivity index (χ4n) is 2.83. The highest BCUT2D eigenvalue weighted by Gasteiger charge is 2.23. The first kappa shape index (κ1) is 23.4. The third-order valence-electron chi connectivity index (χ3n) is 4.41. The first-order valence-electron chi connectivity index (χ1n) is 9.57. The molecule has 0 fully saturated rings. The SMILES string of the molecule is CCOC(=O)c1ccccc1NC(=O)CN(c1ccc(C(C)(C)C)cc1)S(C)(=O)=O. The molecule has 162 valence electrons. The van der Waals surface area contributed by atoms with Crippen LogP contribution in [0.1, 0.15) is 43.6 Å². The van der Waals surface area contributed by atoms with Crippen LogP contribution >= 0.6 is 0 Å². The molecule has 30 heavy (non-hydrogen) atoms. The highest BCUT2D eigenvalue weighted by atomic mass is 32.2. The van der Waals surface area contributed by atoms with E-state index in [1.54, 1.807) is 37.3 Å². The van der Waals surface area contributed by atoms with Gasteiger partial charge in [0.2, 0.25) is 15.9 Å². The molecule has 2 aromatic rings. The number of benzene rings is 2. The Morgan fingerprint density at radius 1 is 1.03 bits per heavy atom. The van der Waals surface area contributed by atoms with Crippen molar-refractivity contribution in [3.05, 3.63) is 59.7 Å². The summed E-state index contributed by atoms with van der Waals surface area (Å²) in [5.74, 6) is -1.14. The van der Waals surface area contributed by atoms with Gasteiger partial charge in [-0.1, -0.05) is 45.0 Å². The maximum atomic E-state index is 12.6. The zero-order valence-corrected chi connectivity index (χ0v) is 18.7. The van der Waals surface area contributed by atoms with Crippen molar-refractivity contribution in [3.8, 4) is 0 Å². The van der Waals surface area contributed by atoms with E-state index in [-0.39, 0.29) is 23.3 Å². The van der Waals surface area contributed by atoms with Crippen LogP contribution in [0, 0.1) is 0 Å². The molecule has 0 radical (unpaired) electrons. The molecule has 0 saturated carbocycles. The van der Waals surface area contributed by atoms with Gasteiger partial charge in [0.05, 0.1) is 29.8 Å². The Hall–Kier alpha value is -2.87. The Bertz CT molecular complexity index is 1010. The number of sulfonamides is 1. The lowest BCUT2D eigenvalue weighted by molar-refractivity contribution is -0.114. The van der Waals surface area contributed by atoms with E-state index in [2.05, 4.69) is 26.1 Å². The molecule has 0 spiro atoms. The Morgan fingerprint density at radius 3 is 2.17 bits per heavy atom. The first-order valence-corrected chi connectivity index (χ1v) is 11.4. The molecular weight excluding hydrogens is 404 g/mol. The van der Waals surface area contributed by atoms with Gasteiger partial charge in [-0.25, -0.2) is 13.2 Å². The van der Waals surface area contributed by atoms with Gasteiger partial charge in [0, 0.05) is 0 Å². The number of para-hydroxylation sites is 1. The highest BCUT2D eigenvalue weighted by molar-refractivity contribution is 7.92. The summed E-state index contributed by atoms with van der Waals surface area (Å²) in [6, 6.07) is 13.5. The maximum absolute atomic E-state index is 12.6. The minimum absolute atomic E-state index is 0.0807. The fraction of sp³-hybridized carbons (Fsp3) is 0.364. The van der Waals surface area contributed by atoms with Gasteiger partial charge in [0.25, 0.3) is 0 Å². The normalized spacial score (nSPS) is 11.6. The molecule has 7 nitrogen and oxygen atoms in total. The summed E-state index contributed by atoms with van der Waals surface area (Å²) in [5.41, 5.74) is 1.82. The van der Waals surface area contributed by atoms with Gasteiger partial charge in [0.15, 0.2) is 0 Å². The lowest BCUT2D eigenvalue weighted by atomic mass is 9.87. The molecule has 2 aromatic carbocycles. The second kappa shape index (κ2) is 9.30. The average Bonchev–Trinajstić information content (AvgIpc) is 2.65. The molecule has 0 atom stereocenters. The van der Waals surface area contributed by atoms with E-state index >= 15 is 0 Å². The van der Waals surface area contributed by atoms with Crippen molar-refractivity contribution in [3.63, 3.8) is 0 Å². The Balaban J connectivity index is 2.25. The molecular formula is C22H28N2O5S. The number of nitrogens with one attached hydrogen (secondary N) is 1. The van der Waals surface area contributed by atoms with Gasteiger partial charge in [-0.3, -0.25) is 9.10 Å². The average molecular weight is 433 g/mol. The summed E-state index contributed by atoms with van der Waals surface area (Å²) in [5, 5.41) is 2.61. The van der Waals surface area contributed by atoms with Crippen LogP contribution in [0.3, 0.4) is 0 Å². The van der Waals surface area contributed by atoms with Gasteiger partial charge in [-0.05, 0) is 42.2 Å². The molecule has 0 unspecified atom stereocenters. The number of rotatable bonds is 7. The third kappa shape index (κ3) is 6.06. The van der Waals surface area contributed by atoms with Gasteiger partial charge >= 0.3 is 5.97 Å². The third-order valence-corrected chi connectivity index (χ3v) is 5.55. The number of anilines is 2. The highest BCUT2D eigenvalue weighted by Crippen LogP contribution is 2.26. The topological polar surface area (TPSA) is 92.8 Å². The van der Waals surface area contributed by atoms with Crippen LogP contribution in [-0.2, 0) is 25.0 Å².